The molecule has 0 radical (unpaired) electrons. The summed E-state index contributed by atoms with van der Waals surface area (Å²) in [5, 5.41) is 0. The number of amides is 4. The van der Waals surface area contributed by atoms with E-state index in [0.717, 1.165) is 26.5 Å². The predicted molar refractivity (Wildman–Crippen MR) is 229 cm³/mol. The van der Waals surface area contributed by atoms with Gasteiger partial charge in [0.15, 0.2) is 5.78 Å². The molecule has 7 nitrogen and oxygen atoms in total. The average Bonchev–Trinajstić information content (AvgIpc) is 3.70. The summed E-state index contributed by atoms with van der Waals surface area (Å²) in [6.45, 7) is 0. The summed E-state index contributed by atoms with van der Waals surface area (Å²) in [6, 6.07) is 48.7. The largest absolute Gasteiger partial charge is 0.289 e. The number of carbonyl (C=O) groups excluding carboxylic acids is 5. The first-order valence-corrected chi connectivity index (χ1v) is 18.9. The van der Waals surface area contributed by atoms with Crippen LogP contribution in [0.1, 0.15) is 90.7 Å². The predicted octanol–water partition coefficient (Wildman–Crippen LogP) is 8.72. The Hall–Kier alpha value is -8.83. The number of hydrogen-bond acceptors (Lipinski definition) is 5. The van der Waals surface area contributed by atoms with Crippen LogP contribution in [-0.4, -0.2) is 29.4 Å². The summed E-state index contributed by atoms with van der Waals surface area (Å²) in [5.74, 6) is 15.4. The van der Waals surface area contributed by atoms with E-state index in [0.29, 0.717) is 16.7 Å². The molecule has 4 amide bonds. The Kier molecular flexibility index (Phi) is 9.57. The van der Waals surface area contributed by atoms with Crippen LogP contribution in [0.2, 0.25) is 0 Å². The third-order valence-corrected chi connectivity index (χ3v) is 9.98. The zero-order valence-electron chi connectivity index (χ0n) is 31.6. The van der Waals surface area contributed by atoms with Crippen molar-refractivity contribution in [3.63, 3.8) is 0 Å². The number of fused-ring (bicyclic) bond motifs is 2. The highest BCUT2D eigenvalue weighted by atomic mass is 16.2. The van der Waals surface area contributed by atoms with Gasteiger partial charge in [-0.05, 0) is 115 Å². The van der Waals surface area contributed by atoms with Crippen LogP contribution >= 0.6 is 0 Å². The minimum atomic E-state index is -0.640. The molecule has 9 rings (SSSR count). The van der Waals surface area contributed by atoms with E-state index in [-0.39, 0.29) is 44.8 Å². The lowest BCUT2D eigenvalue weighted by Gasteiger charge is -2.20. The number of nitrogens with zero attached hydrogens (tertiary/aromatic N) is 2. The van der Waals surface area contributed by atoms with Crippen LogP contribution < -0.4 is 9.80 Å². The third-order valence-electron chi connectivity index (χ3n) is 9.98. The molecule has 7 aromatic rings. The molecule has 0 spiro atoms. The van der Waals surface area contributed by atoms with Gasteiger partial charge < -0.3 is 0 Å². The number of imide groups is 2. The summed E-state index contributed by atoms with van der Waals surface area (Å²) in [4.78, 5) is 72.4. The van der Waals surface area contributed by atoms with Crippen molar-refractivity contribution in [3.05, 3.63) is 237 Å². The summed E-state index contributed by atoms with van der Waals surface area (Å²) < 4.78 is 0. The highest BCUT2D eigenvalue weighted by molar-refractivity contribution is 6.36. The van der Waals surface area contributed by atoms with Crippen LogP contribution in [-0.2, 0) is 0 Å². The maximum Gasteiger partial charge on any atom is 0.266 e. The number of carbonyl (C=O) groups is 5. The summed E-state index contributed by atoms with van der Waals surface area (Å²) >= 11 is 0. The summed E-state index contributed by atoms with van der Waals surface area (Å²) in [7, 11) is 0. The molecule has 7 aromatic carbocycles. The van der Waals surface area contributed by atoms with E-state index in [2.05, 4.69) is 35.5 Å². The highest BCUT2D eigenvalue weighted by Crippen LogP contribution is 2.36. The van der Waals surface area contributed by atoms with Gasteiger partial charge in [-0.25, -0.2) is 9.80 Å². The lowest BCUT2D eigenvalue weighted by Crippen LogP contribution is -2.32. The van der Waals surface area contributed by atoms with Crippen LogP contribution in [0.25, 0.3) is 0 Å². The molecule has 0 N–H and O–H groups in total. The van der Waals surface area contributed by atoms with E-state index in [4.69, 9.17) is 0 Å². The van der Waals surface area contributed by atoms with Gasteiger partial charge in [-0.2, -0.15) is 0 Å². The molecular formula is C53H28N2O5. The second kappa shape index (κ2) is 15.6. The Morgan fingerprint density at radius 3 is 1.05 bits per heavy atom. The molecule has 60 heavy (non-hydrogen) atoms. The van der Waals surface area contributed by atoms with E-state index in [1.54, 1.807) is 60.7 Å². The van der Waals surface area contributed by atoms with Crippen LogP contribution in [0.5, 0.6) is 0 Å². The Bertz CT molecular complexity index is 2980. The summed E-state index contributed by atoms with van der Waals surface area (Å²) in [5.41, 5.74) is 5.09. The van der Waals surface area contributed by atoms with Gasteiger partial charge in [-0.1, -0.05) is 90.1 Å². The van der Waals surface area contributed by atoms with E-state index in [1.807, 2.05) is 91.0 Å². The Morgan fingerprint density at radius 1 is 0.317 bits per heavy atom. The molecular weight excluding hydrogens is 745 g/mol. The number of hydrogen-bond donors (Lipinski definition) is 0. The molecule has 280 valence electrons. The quantitative estimate of drug-likeness (QED) is 0.101. The minimum Gasteiger partial charge on any atom is -0.289 e. The van der Waals surface area contributed by atoms with Crippen molar-refractivity contribution in [2.75, 3.05) is 9.80 Å². The number of anilines is 2. The zero-order valence-corrected chi connectivity index (χ0v) is 31.6. The number of benzene rings is 7. The maximum atomic E-state index is 14.3. The smallest absolute Gasteiger partial charge is 0.266 e. The van der Waals surface area contributed by atoms with E-state index in [1.165, 1.54) is 18.2 Å². The third kappa shape index (κ3) is 7.17. The van der Waals surface area contributed by atoms with Crippen molar-refractivity contribution in [2.24, 2.45) is 0 Å². The SMILES string of the molecule is O=C(c1ccc(C#Cc2ccccc2)cc1)c1cc(N2C(=O)c3ccc(C#Cc4ccccc4)cc3C2=O)cc(N2C(=O)c3ccc(C#Cc4ccccc4)cc3C2=O)c1. The van der Waals surface area contributed by atoms with E-state index in [9.17, 15) is 24.0 Å². The fourth-order valence-corrected chi connectivity index (χ4v) is 6.96. The van der Waals surface area contributed by atoms with Crippen LogP contribution in [0.15, 0.2) is 170 Å². The van der Waals surface area contributed by atoms with Crippen molar-refractivity contribution in [3.8, 4) is 35.5 Å². The first-order chi connectivity index (χ1) is 29.3. The van der Waals surface area contributed by atoms with Crippen molar-refractivity contribution in [1.82, 2.24) is 0 Å². The topological polar surface area (TPSA) is 91.8 Å². The second-order valence-corrected chi connectivity index (χ2v) is 13.9. The molecule has 2 heterocycles. The molecule has 2 aliphatic rings. The van der Waals surface area contributed by atoms with E-state index >= 15 is 0 Å². The van der Waals surface area contributed by atoms with Gasteiger partial charge >= 0.3 is 0 Å². The Balaban J connectivity index is 1.08. The monoisotopic (exact) mass is 772 g/mol. The lowest BCUT2D eigenvalue weighted by atomic mass is 10.00. The maximum absolute atomic E-state index is 14.3. The van der Waals surface area contributed by atoms with Crippen LogP contribution in [0, 0.1) is 35.5 Å². The summed E-state index contributed by atoms with van der Waals surface area (Å²) in [6.07, 6.45) is 0. The Labute approximate surface area is 345 Å². The normalized spacial score (nSPS) is 12.4. The average molecular weight is 773 g/mol. The highest BCUT2D eigenvalue weighted by Gasteiger charge is 2.40. The standard InChI is InChI=1S/C53H28N2O5/c56-49(41-26-22-38(23-27-41)17-16-35-10-4-1-5-11-35)42-32-43(54-50(57)45-28-24-39(30-47(45)52(54)59)20-18-36-12-6-2-7-13-36)34-44(33-42)55-51(58)46-29-25-40(31-48(46)53(55)60)21-19-37-14-8-3-9-15-37/h1-15,22-34H. The molecule has 0 atom stereocenters. The molecule has 7 heteroatoms. The van der Waals surface area contributed by atoms with Gasteiger partial charge in [0.2, 0.25) is 0 Å². The van der Waals surface area contributed by atoms with Crippen molar-refractivity contribution in [2.45, 2.75) is 0 Å². The molecule has 0 saturated carbocycles. The van der Waals surface area contributed by atoms with Gasteiger partial charge in [0.1, 0.15) is 0 Å². The van der Waals surface area contributed by atoms with Gasteiger partial charge in [0.05, 0.1) is 33.6 Å². The van der Waals surface area contributed by atoms with E-state index < -0.39 is 29.4 Å². The molecule has 0 bridgehead atoms. The number of ketones is 1. The van der Waals surface area contributed by atoms with Gasteiger partial charge in [0, 0.05) is 44.5 Å². The fraction of sp³-hybridized carbons (Fsp3) is 0. The Morgan fingerprint density at radius 2 is 0.650 bits per heavy atom. The molecule has 0 unspecified atom stereocenters. The van der Waals surface area contributed by atoms with Gasteiger partial charge in [-0.3, -0.25) is 24.0 Å². The number of rotatable bonds is 4. The van der Waals surface area contributed by atoms with Crippen molar-refractivity contribution >= 4 is 40.8 Å². The van der Waals surface area contributed by atoms with Gasteiger partial charge in [0.25, 0.3) is 23.6 Å². The molecule has 0 saturated heterocycles. The van der Waals surface area contributed by atoms with Crippen molar-refractivity contribution < 1.29 is 24.0 Å². The zero-order chi connectivity index (χ0) is 41.2. The van der Waals surface area contributed by atoms with Crippen LogP contribution in [0.4, 0.5) is 11.4 Å². The van der Waals surface area contributed by atoms with Crippen LogP contribution in [0.3, 0.4) is 0 Å². The second-order valence-electron chi connectivity index (χ2n) is 13.9. The lowest BCUT2D eigenvalue weighted by molar-refractivity contribution is 0.0912. The molecule has 0 fully saturated rings. The first-order valence-electron chi connectivity index (χ1n) is 18.9. The molecule has 0 aliphatic carbocycles. The molecule has 0 aromatic heterocycles. The molecule has 2 aliphatic heterocycles. The fourth-order valence-electron chi connectivity index (χ4n) is 6.96. The minimum absolute atomic E-state index is 0.00953. The first kappa shape index (κ1) is 36.8. The van der Waals surface area contributed by atoms with Gasteiger partial charge in [-0.15, -0.1) is 0 Å². The van der Waals surface area contributed by atoms with Crippen molar-refractivity contribution in [1.29, 1.82) is 0 Å².